The number of ether oxygens (including phenoxy) is 1. The summed E-state index contributed by atoms with van der Waals surface area (Å²) < 4.78 is 5.99. The maximum atomic E-state index is 12.1. The Kier molecular flexibility index (Phi) is 14.3. The van der Waals surface area contributed by atoms with E-state index in [1.165, 1.54) is 28.7 Å². The van der Waals surface area contributed by atoms with Gasteiger partial charge in [0.05, 0.1) is 12.4 Å². The van der Waals surface area contributed by atoms with Gasteiger partial charge in [0.1, 0.15) is 11.5 Å². The molecule has 0 aromatic heterocycles. The molecule has 0 aliphatic heterocycles. The van der Waals surface area contributed by atoms with Crippen LogP contribution in [0.25, 0.3) is 5.57 Å². The van der Waals surface area contributed by atoms with E-state index in [1.807, 2.05) is 30.1 Å². The molecule has 0 heterocycles. The number of unbranched alkanes of at least 4 members (excludes halogenated alkanes) is 4. The highest BCUT2D eigenvalue weighted by Gasteiger charge is 2.08. The van der Waals surface area contributed by atoms with Crippen molar-refractivity contribution in [2.45, 2.75) is 58.3 Å². The largest absolute Gasteiger partial charge is 0.508 e. The summed E-state index contributed by atoms with van der Waals surface area (Å²) in [6.07, 6.45) is 10.7. The van der Waals surface area contributed by atoms with Crippen LogP contribution in [0.2, 0.25) is 0 Å². The first kappa shape index (κ1) is 31.3. The highest BCUT2D eigenvalue weighted by molar-refractivity contribution is 7.99. The third kappa shape index (κ3) is 11.9. The topological polar surface area (TPSA) is 49.8 Å². The first-order chi connectivity index (χ1) is 19.5. The molecule has 0 saturated heterocycles. The number of allylic oxidation sites excluding steroid dienone is 2. The van der Waals surface area contributed by atoms with Gasteiger partial charge in [-0.15, -0.1) is 0 Å². The van der Waals surface area contributed by atoms with E-state index in [-0.39, 0.29) is 5.91 Å². The number of thioether (sulfide) groups is 1. The molecule has 0 unspecified atom stereocenters. The fourth-order valence-electron chi connectivity index (χ4n) is 4.38. The monoisotopic (exact) mass is 559 g/mol. The van der Waals surface area contributed by atoms with Crippen LogP contribution in [0.1, 0.15) is 62.1 Å². The van der Waals surface area contributed by atoms with Crippen molar-refractivity contribution in [2.24, 2.45) is 0 Å². The van der Waals surface area contributed by atoms with Gasteiger partial charge in [-0.1, -0.05) is 86.9 Å². The number of benzene rings is 3. The van der Waals surface area contributed by atoms with Crippen molar-refractivity contribution in [1.29, 1.82) is 0 Å². The number of nitrogens with zero attached hydrogens (tertiary/aromatic N) is 1. The van der Waals surface area contributed by atoms with Crippen LogP contribution < -0.4 is 4.74 Å². The Labute approximate surface area is 245 Å². The molecule has 1 N–H and O–H groups in total. The fourth-order valence-corrected chi connectivity index (χ4v) is 5.33. The Hall–Kier alpha value is -3.18. The summed E-state index contributed by atoms with van der Waals surface area (Å²) in [6, 6.07) is 26.4. The second-order valence-corrected chi connectivity index (χ2v) is 11.4. The first-order valence-corrected chi connectivity index (χ1v) is 15.8. The lowest BCUT2D eigenvalue weighted by Crippen LogP contribution is -2.29. The van der Waals surface area contributed by atoms with E-state index < -0.39 is 0 Å². The van der Waals surface area contributed by atoms with Gasteiger partial charge in [0, 0.05) is 13.6 Å². The molecule has 5 heteroatoms. The number of rotatable bonds is 18. The molecule has 214 valence electrons. The molecule has 0 aliphatic rings. The molecule has 3 aromatic carbocycles. The van der Waals surface area contributed by atoms with Crippen LogP contribution >= 0.6 is 11.8 Å². The fraction of sp³-hybridized carbons (Fsp3) is 0.400. The number of phenols is 1. The van der Waals surface area contributed by atoms with Crippen LogP contribution in [0.5, 0.6) is 11.5 Å². The molecule has 0 spiro atoms. The van der Waals surface area contributed by atoms with E-state index in [4.69, 9.17) is 4.74 Å². The molecule has 1 amide bonds. The van der Waals surface area contributed by atoms with E-state index in [0.717, 1.165) is 69.6 Å². The van der Waals surface area contributed by atoms with Crippen molar-refractivity contribution >= 4 is 23.2 Å². The summed E-state index contributed by atoms with van der Waals surface area (Å²) in [5.41, 5.74) is 4.94. The van der Waals surface area contributed by atoms with E-state index in [2.05, 4.69) is 61.5 Å². The average molecular weight is 560 g/mol. The van der Waals surface area contributed by atoms with Crippen LogP contribution in [0, 0.1) is 0 Å². The summed E-state index contributed by atoms with van der Waals surface area (Å²) in [7, 11) is 1.91. The Morgan fingerprint density at radius 3 is 2.30 bits per heavy atom. The first-order valence-electron chi connectivity index (χ1n) is 14.6. The maximum absolute atomic E-state index is 12.1. The summed E-state index contributed by atoms with van der Waals surface area (Å²) in [6.45, 7) is 3.75. The van der Waals surface area contributed by atoms with Gasteiger partial charge < -0.3 is 14.7 Å². The molecule has 3 aromatic rings. The van der Waals surface area contributed by atoms with Gasteiger partial charge in [0.2, 0.25) is 5.91 Å². The van der Waals surface area contributed by atoms with E-state index in [9.17, 15) is 9.90 Å². The molecule has 0 radical (unpaired) electrons. The zero-order valence-corrected chi connectivity index (χ0v) is 25.0. The lowest BCUT2D eigenvalue weighted by atomic mass is 9.96. The molecule has 0 fully saturated rings. The lowest BCUT2D eigenvalue weighted by Gasteiger charge is -2.16. The predicted molar refractivity (Wildman–Crippen MR) is 170 cm³/mol. The molecule has 0 saturated carbocycles. The van der Waals surface area contributed by atoms with E-state index in [0.29, 0.717) is 11.5 Å². The third-order valence-electron chi connectivity index (χ3n) is 6.93. The highest BCUT2D eigenvalue weighted by atomic mass is 32.2. The summed E-state index contributed by atoms with van der Waals surface area (Å²) in [4.78, 5) is 13.9. The van der Waals surface area contributed by atoms with Crippen LogP contribution in [-0.4, -0.2) is 47.6 Å². The normalized spacial score (nSPS) is 11.4. The lowest BCUT2D eigenvalue weighted by molar-refractivity contribution is -0.127. The molecule has 0 atom stereocenters. The minimum Gasteiger partial charge on any atom is -0.508 e. The van der Waals surface area contributed by atoms with Crippen LogP contribution in [0.4, 0.5) is 0 Å². The molecule has 4 nitrogen and oxygen atoms in total. The Morgan fingerprint density at radius 1 is 0.875 bits per heavy atom. The van der Waals surface area contributed by atoms with Gasteiger partial charge in [-0.3, -0.25) is 4.79 Å². The molecule has 40 heavy (non-hydrogen) atoms. The Bertz CT molecular complexity index is 1140. The number of carbonyl (C=O) groups excluding carboxylic acids is 1. The van der Waals surface area contributed by atoms with Gasteiger partial charge in [-0.05, 0) is 84.4 Å². The predicted octanol–water partition coefficient (Wildman–Crippen LogP) is 8.19. The van der Waals surface area contributed by atoms with Crippen molar-refractivity contribution in [3.05, 3.63) is 102 Å². The van der Waals surface area contributed by atoms with Crippen LogP contribution in [0.15, 0.2) is 84.9 Å². The van der Waals surface area contributed by atoms with Gasteiger partial charge >= 0.3 is 0 Å². The van der Waals surface area contributed by atoms with Crippen molar-refractivity contribution in [2.75, 3.05) is 31.7 Å². The van der Waals surface area contributed by atoms with Crippen molar-refractivity contribution in [1.82, 2.24) is 4.90 Å². The molecule has 0 bridgehead atoms. The second-order valence-electron chi connectivity index (χ2n) is 10.3. The smallest absolute Gasteiger partial charge is 0.232 e. The molecule has 3 rings (SSSR count). The van der Waals surface area contributed by atoms with Crippen molar-refractivity contribution in [3.63, 3.8) is 0 Å². The Balaban J connectivity index is 1.36. The minimum atomic E-state index is 0.249. The quantitative estimate of drug-likeness (QED) is 0.160. The number of hydrogen-bond donors (Lipinski definition) is 1. The maximum Gasteiger partial charge on any atom is 0.232 e. The molecular formula is C35H45NO3S. The van der Waals surface area contributed by atoms with E-state index >= 15 is 0 Å². The average Bonchev–Trinajstić information content (AvgIpc) is 2.99. The summed E-state index contributed by atoms with van der Waals surface area (Å²) in [5, 5.41) is 9.56. The number of aromatic hydroxyl groups is 1. The van der Waals surface area contributed by atoms with Gasteiger partial charge in [0.15, 0.2) is 0 Å². The van der Waals surface area contributed by atoms with E-state index in [1.54, 1.807) is 23.9 Å². The zero-order valence-electron chi connectivity index (χ0n) is 24.2. The standard InChI is InChI=1S/C35H45NO3S/c1-3-4-24-36(2)35(38)28-40-26-11-6-5-10-25-39-34-22-17-30(18-23-34)27-32(31-12-8-7-9-13-31)19-14-29-15-20-33(37)21-16-29/h7-9,12-13,15-23,37H,3-6,10-11,14,24-28H2,1-2H3/b32-19+. The number of phenolic OH excluding ortho intramolecular Hbond substituents is 1. The Morgan fingerprint density at radius 2 is 1.57 bits per heavy atom. The number of hydrogen-bond acceptors (Lipinski definition) is 4. The van der Waals surface area contributed by atoms with Gasteiger partial charge in [-0.25, -0.2) is 0 Å². The third-order valence-corrected chi connectivity index (χ3v) is 7.96. The molecule has 0 aliphatic carbocycles. The summed E-state index contributed by atoms with van der Waals surface area (Å²) >= 11 is 1.75. The van der Waals surface area contributed by atoms with Crippen molar-refractivity contribution < 1.29 is 14.6 Å². The summed E-state index contributed by atoms with van der Waals surface area (Å²) in [5.74, 6) is 3.10. The number of carbonyl (C=O) groups is 1. The van der Waals surface area contributed by atoms with Crippen molar-refractivity contribution in [3.8, 4) is 11.5 Å². The molecular weight excluding hydrogens is 514 g/mol. The highest BCUT2D eigenvalue weighted by Crippen LogP contribution is 2.23. The van der Waals surface area contributed by atoms with Crippen LogP contribution in [0.3, 0.4) is 0 Å². The second kappa shape index (κ2) is 18.2. The zero-order chi connectivity index (χ0) is 28.4. The van der Waals surface area contributed by atoms with Crippen LogP contribution in [-0.2, 0) is 17.6 Å². The SMILES string of the molecule is CCCCN(C)C(=O)CSCCCCCCOc1ccc(C/C(=C\Cc2ccc(O)cc2)c2ccccc2)cc1. The minimum absolute atomic E-state index is 0.249. The van der Waals surface area contributed by atoms with Gasteiger partial charge in [-0.2, -0.15) is 11.8 Å². The van der Waals surface area contributed by atoms with Gasteiger partial charge in [0.25, 0.3) is 0 Å². The number of amides is 1.